The minimum Gasteiger partial charge on any atom is -0.302 e. The predicted molar refractivity (Wildman–Crippen MR) is 107 cm³/mol. The molecule has 0 spiro atoms. The van der Waals surface area contributed by atoms with Gasteiger partial charge in [0.2, 0.25) is 0 Å². The molecule has 0 fully saturated rings. The van der Waals surface area contributed by atoms with Crippen molar-refractivity contribution in [3.63, 3.8) is 0 Å². The normalized spacial score (nSPS) is 11.5. The molecule has 0 aromatic rings. The van der Waals surface area contributed by atoms with Crippen LogP contribution in [0.4, 0.5) is 0 Å². The summed E-state index contributed by atoms with van der Waals surface area (Å²) in [7, 11) is -3.83. The second-order valence-corrected chi connectivity index (χ2v) is 8.54. The topological polar surface area (TPSA) is 55.8 Å². The van der Waals surface area contributed by atoms with Crippen LogP contribution in [0.15, 0.2) is 0 Å². The van der Waals surface area contributed by atoms with E-state index in [1.54, 1.807) is 0 Å². The van der Waals surface area contributed by atoms with Crippen LogP contribution in [0, 0.1) is 0 Å². The number of hydrogen-bond acceptors (Lipinski definition) is 3. The first-order valence-corrected chi connectivity index (χ1v) is 12.2. The Morgan fingerprint density at radius 2 is 0.846 bits per heavy atom. The van der Waals surface area contributed by atoms with Crippen LogP contribution in [-0.4, -0.2) is 18.1 Å². The molecule has 0 aliphatic heterocycles. The summed E-state index contributed by atoms with van der Waals surface area (Å²) >= 11 is 0. The van der Waals surface area contributed by atoms with E-state index in [1.165, 1.54) is 77.0 Å². The molecular weight excluding hydrogens is 391 g/mol. The summed E-state index contributed by atoms with van der Waals surface area (Å²) in [5.74, 6) is 0. The molecule has 0 aliphatic rings. The van der Waals surface area contributed by atoms with Crippen LogP contribution in [0.5, 0.6) is 0 Å². The summed E-state index contributed by atoms with van der Waals surface area (Å²) in [6.07, 6.45) is 19.1. The van der Waals surface area contributed by atoms with Gasteiger partial charge in [0.25, 0.3) is 0 Å². The summed E-state index contributed by atoms with van der Waals surface area (Å²) in [6, 6.07) is 0. The maximum absolute atomic E-state index is 11.7. The molecule has 1 N–H and O–H groups in total. The average molecular weight is 434 g/mol. The van der Waals surface area contributed by atoms with Gasteiger partial charge in [0.05, 0.1) is 13.2 Å². The number of unbranched alkanes of at least 4 members (excludes halogenated alkanes) is 14. The second-order valence-electron chi connectivity index (χ2n) is 7.08. The first kappa shape index (κ1) is 28.8. The molecule has 0 unspecified atom stereocenters. The monoisotopic (exact) mass is 434 g/mol. The maximum atomic E-state index is 11.7. The number of hydrogen-bond donors (Lipinski definition) is 1. The molecule has 0 bridgehead atoms. The maximum Gasteiger partial charge on any atom is 0.472 e. The first-order valence-electron chi connectivity index (χ1n) is 10.7. The molecule has 26 heavy (non-hydrogen) atoms. The van der Waals surface area contributed by atoms with Crippen LogP contribution in [-0.2, 0) is 30.7 Å². The predicted octanol–water partition coefficient (Wildman–Crippen LogP) is 7.40. The van der Waals surface area contributed by atoms with Crippen molar-refractivity contribution in [3.8, 4) is 0 Å². The van der Waals surface area contributed by atoms with Crippen LogP contribution >= 0.6 is 7.82 Å². The van der Waals surface area contributed by atoms with Crippen molar-refractivity contribution in [2.45, 2.75) is 117 Å². The third kappa shape index (κ3) is 22.7. The van der Waals surface area contributed by atoms with Crippen molar-refractivity contribution in [1.29, 1.82) is 0 Å². The summed E-state index contributed by atoms with van der Waals surface area (Å²) in [5, 5.41) is 0. The van der Waals surface area contributed by atoms with E-state index in [0.29, 0.717) is 13.2 Å². The third-order valence-corrected chi connectivity index (χ3v) is 5.52. The Morgan fingerprint density at radius 3 is 1.15 bits per heavy atom. The zero-order chi connectivity index (χ0) is 18.6. The minimum atomic E-state index is -3.83. The van der Waals surface area contributed by atoms with Crippen molar-refractivity contribution in [2.75, 3.05) is 13.2 Å². The summed E-state index contributed by atoms with van der Waals surface area (Å²) in [5.41, 5.74) is 0. The van der Waals surface area contributed by atoms with Gasteiger partial charge in [0.15, 0.2) is 0 Å². The standard InChI is InChI=1S/C20H43O4P.Fe/c1-3-5-7-9-11-13-15-17-19-23-25(21,22)24-20-18-16-14-12-10-8-6-4-2;/h3-20H2,1-2H3,(H,21,22);. The van der Waals surface area contributed by atoms with E-state index in [1.807, 2.05) is 0 Å². The van der Waals surface area contributed by atoms with Crippen LogP contribution < -0.4 is 0 Å². The molecule has 0 aliphatic carbocycles. The molecule has 6 heteroatoms. The Morgan fingerprint density at radius 1 is 0.577 bits per heavy atom. The van der Waals surface area contributed by atoms with Crippen molar-refractivity contribution >= 4 is 7.82 Å². The molecule has 0 rings (SSSR count). The number of rotatable bonds is 20. The van der Waals surface area contributed by atoms with E-state index in [4.69, 9.17) is 9.05 Å². The largest absolute Gasteiger partial charge is 0.472 e. The smallest absolute Gasteiger partial charge is 0.302 e. The molecule has 0 atom stereocenters. The Labute approximate surface area is 173 Å². The van der Waals surface area contributed by atoms with Gasteiger partial charge in [-0.25, -0.2) is 4.57 Å². The third-order valence-electron chi connectivity index (χ3n) is 4.50. The van der Waals surface area contributed by atoms with Crippen molar-refractivity contribution in [3.05, 3.63) is 0 Å². The minimum absolute atomic E-state index is 0. The molecule has 0 saturated heterocycles. The Bertz CT molecular complexity index is 290. The summed E-state index contributed by atoms with van der Waals surface area (Å²) in [6.45, 7) is 5.09. The fourth-order valence-electron chi connectivity index (χ4n) is 2.87. The summed E-state index contributed by atoms with van der Waals surface area (Å²) in [4.78, 5) is 9.63. The first-order chi connectivity index (χ1) is 12.1. The molecule has 4 nitrogen and oxygen atoms in total. The van der Waals surface area contributed by atoms with Gasteiger partial charge >= 0.3 is 7.82 Å². The quantitative estimate of drug-likeness (QED) is 0.123. The van der Waals surface area contributed by atoms with Gasteiger partial charge in [-0.2, -0.15) is 0 Å². The van der Waals surface area contributed by atoms with E-state index in [-0.39, 0.29) is 17.1 Å². The second kappa shape index (κ2) is 21.9. The average Bonchev–Trinajstić information content (AvgIpc) is 2.59. The van der Waals surface area contributed by atoms with E-state index in [2.05, 4.69) is 13.8 Å². The number of phosphoric acid groups is 1. The zero-order valence-electron chi connectivity index (χ0n) is 17.2. The van der Waals surface area contributed by atoms with Gasteiger partial charge in [0.1, 0.15) is 0 Å². The van der Waals surface area contributed by atoms with Gasteiger partial charge in [-0.05, 0) is 12.8 Å². The van der Waals surface area contributed by atoms with Gasteiger partial charge in [-0.3, -0.25) is 9.05 Å². The molecule has 160 valence electrons. The molecule has 0 amide bonds. The Balaban J connectivity index is 0. The molecule has 0 aromatic heterocycles. The number of phosphoric ester groups is 1. The Kier molecular flexibility index (Phi) is 24.3. The SMILES string of the molecule is CCCCCCCCCCOP(=O)(O)OCCCCCCCCCC.[Fe]. The van der Waals surface area contributed by atoms with Crippen LogP contribution in [0.1, 0.15) is 117 Å². The molecular formula is C20H43FeO4P. The Hall–Kier alpha value is 0.629. The van der Waals surface area contributed by atoms with E-state index in [0.717, 1.165) is 25.7 Å². The molecule has 0 saturated carbocycles. The van der Waals surface area contributed by atoms with Gasteiger partial charge in [0, 0.05) is 17.1 Å². The van der Waals surface area contributed by atoms with Crippen LogP contribution in [0.25, 0.3) is 0 Å². The molecule has 0 aromatic carbocycles. The van der Waals surface area contributed by atoms with E-state index >= 15 is 0 Å². The van der Waals surface area contributed by atoms with Gasteiger partial charge in [-0.1, -0.05) is 104 Å². The van der Waals surface area contributed by atoms with Crippen molar-refractivity contribution in [2.24, 2.45) is 0 Å². The zero-order valence-corrected chi connectivity index (χ0v) is 19.2. The van der Waals surface area contributed by atoms with Crippen LogP contribution in [0.2, 0.25) is 0 Å². The fourth-order valence-corrected chi connectivity index (χ4v) is 3.66. The fraction of sp³-hybridized carbons (Fsp3) is 1.00. The van der Waals surface area contributed by atoms with E-state index in [9.17, 15) is 9.46 Å². The van der Waals surface area contributed by atoms with Crippen LogP contribution in [0.3, 0.4) is 0 Å². The van der Waals surface area contributed by atoms with Crippen molar-refractivity contribution < 1.29 is 35.6 Å². The van der Waals surface area contributed by atoms with Gasteiger partial charge < -0.3 is 4.89 Å². The summed E-state index contributed by atoms with van der Waals surface area (Å²) < 4.78 is 21.8. The van der Waals surface area contributed by atoms with Crippen molar-refractivity contribution in [1.82, 2.24) is 0 Å². The molecule has 0 heterocycles. The van der Waals surface area contributed by atoms with E-state index < -0.39 is 7.82 Å². The molecule has 0 radical (unpaired) electrons. The van der Waals surface area contributed by atoms with Gasteiger partial charge in [-0.15, -0.1) is 0 Å².